The minimum absolute atomic E-state index is 0.00540. The first-order valence-corrected chi connectivity index (χ1v) is 11.9. The van der Waals surface area contributed by atoms with Gasteiger partial charge in [-0.05, 0) is 66.1 Å². The zero-order chi connectivity index (χ0) is 24.2. The number of alkyl halides is 2. The lowest BCUT2D eigenvalue weighted by atomic mass is 10.0. The molecule has 1 aliphatic heterocycles. The maximum Gasteiger partial charge on any atom is 0.260 e. The number of carbonyl (C=O) groups is 1. The quantitative estimate of drug-likeness (QED) is 0.558. The number of nitrogens with one attached hydrogen (secondary N) is 2. The van der Waals surface area contributed by atoms with Crippen LogP contribution in [0.4, 0.5) is 14.6 Å². The Morgan fingerprint density at radius 1 is 1.20 bits per heavy atom. The lowest BCUT2D eigenvalue weighted by Gasteiger charge is -2.26. The van der Waals surface area contributed by atoms with Crippen molar-refractivity contribution in [2.24, 2.45) is 5.92 Å². The molecule has 35 heavy (non-hydrogen) atoms. The first-order chi connectivity index (χ1) is 16.9. The number of rotatable bonds is 6. The van der Waals surface area contributed by atoms with E-state index in [1.807, 2.05) is 24.4 Å². The molecule has 0 radical (unpaired) electrons. The van der Waals surface area contributed by atoms with E-state index in [0.29, 0.717) is 5.92 Å². The Bertz CT molecular complexity index is 1400. The van der Waals surface area contributed by atoms with Gasteiger partial charge >= 0.3 is 0 Å². The molecular weight excluding hydrogens is 452 g/mol. The summed E-state index contributed by atoms with van der Waals surface area (Å²) >= 11 is 0. The van der Waals surface area contributed by atoms with Gasteiger partial charge in [0.25, 0.3) is 11.5 Å². The van der Waals surface area contributed by atoms with E-state index in [1.54, 1.807) is 12.3 Å². The molecule has 2 saturated carbocycles. The first-order valence-electron chi connectivity index (χ1n) is 11.9. The number of aromatic nitrogens is 3. The number of pyridine rings is 3. The number of hydrogen-bond donors (Lipinski definition) is 2. The van der Waals surface area contributed by atoms with Crippen molar-refractivity contribution >= 4 is 28.3 Å². The molecule has 0 unspecified atom stereocenters. The van der Waals surface area contributed by atoms with E-state index < -0.39 is 24.2 Å². The van der Waals surface area contributed by atoms with Gasteiger partial charge in [-0.2, -0.15) is 0 Å². The van der Waals surface area contributed by atoms with Crippen LogP contribution >= 0.6 is 0 Å². The molecule has 7 nitrogen and oxygen atoms in total. The van der Waals surface area contributed by atoms with E-state index in [-0.39, 0.29) is 11.4 Å². The SMILES string of the molecule is O=C(Nc1ccc(C2=CCN(Cc3cnc4cc(C5CC5)c(=O)[nH]c4c3)CC2)cn1)[C@@H]1CC1(F)F. The molecular formula is C26H25F2N5O2. The maximum atomic E-state index is 13.0. The van der Waals surface area contributed by atoms with E-state index in [2.05, 4.69) is 31.2 Å². The summed E-state index contributed by atoms with van der Waals surface area (Å²) in [4.78, 5) is 38.3. The van der Waals surface area contributed by atoms with E-state index >= 15 is 0 Å². The molecule has 3 aliphatic rings. The predicted octanol–water partition coefficient (Wildman–Crippen LogP) is 4.08. The Morgan fingerprint density at radius 3 is 2.69 bits per heavy atom. The fraction of sp³-hybridized carbons (Fsp3) is 0.385. The first kappa shape index (κ1) is 22.0. The highest BCUT2D eigenvalue weighted by Gasteiger charge is 2.61. The van der Waals surface area contributed by atoms with E-state index in [4.69, 9.17) is 0 Å². The molecule has 9 heteroatoms. The monoisotopic (exact) mass is 477 g/mol. The van der Waals surface area contributed by atoms with Crippen LogP contribution < -0.4 is 10.9 Å². The molecule has 180 valence electrons. The minimum atomic E-state index is -2.89. The van der Waals surface area contributed by atoms with Crippen molar-refractivity contribution in [1.29, 1.82) is 0 Å². The number of anilines is 1. The van der Waals surface area contributed by atoms with Crippen LogP contribution in [-0.2, 0) is 11.3 Å². The number of H-pyrrole nitrogens is 1. The molecule has 3 aromatic rings. The van der Waals surface area contributed by atoms with Crippen LogP contribution in [0.1, 0.15) is 48.3 Å². The minimum Gasteiger partial charge on any atom is -0.320 e. The van der Waals surface area contributed by atoms with Gasteiger partial charge in [0.05, 0.1) is 11.0 Å². The van der Waals surface area contributed by atoms with Crippen LogP contribution in [0, 0.1) is 5.92 Å². The van der Waals surface area contributed by atoms with Gasteiger partial charge in [0.15, 0.2) is 0 Å². The molecule has 2 fully saturated rings. The van der Waals surface area contributed by atoms with Gasteiger partial charge in [-0.25, -0.2) is 13.8 Å². The lowest BCUT2D eigenvalue weighted by Crippen LogP contribution is -2.28. The third-order valence-electron chi connectivity index (χ3n) is 7.02. The van der Waals surface area contributed by atoms with Crippen LogP contribution in [-0.4, -0.2) is 44.8 Å². The van der Waals surface area contributed by atoms with Gasteiger partial charge in [0.2, 0.25) is 5.91 Å². The molecule has 2 N–H and O–H groups in total. The third kappa shape index (κ3) is 4.60. The molecule has 3 aromatic heterocycles. The molecule has 2 aliphatic carbocycles. The smallest absolute Gasteiger partial charge is 0.260 e. The van der Waals surface area contributed by atoms with Crippen molar-refractivity contribution in [3.05, 3.63) is 69.8 Å². The summed E-state index contributed by atoms with van der Waals surface area (Å²) in [5, 5.41) is 2.47. The molecule has 0 spiro atoms. The number of amides is 1. The van der Waals surface area contributed by atoms with Gasteiger partial charge in [-0.15, -0.1) is 0 Å². The summed E-state index contributed by atoms with van der Waals surface area (Å²) in [5.74, 6) is -4.14. The molecule has 0 bridgehead atoms. The highest BCUT2D eigenvalue weighted by atomic mass is 19.3. The Kier molecular flexibility index (Phi) is 5.25. The Hall–Kier alpha value is -3.46. The number of hydrogen-bond acceptors (Lipinski definition) is 5. The fourth-order valence-electron chi connectivity index (χ4n) is 4.67. The van der Waals surface area contributed by atoms with E-state index in [9.17, 15) is 18.4 Å². The largest absolute Gasteiger partial charge is 0.320 e. The Morgan fingerprint density at radius 2 is 2.03 bits per heavy atom. The average molecular weight is 478 g/mol. The van der Waals surface area contributed by atoms with Crippen molar-refractivity contribution in [2.45, 2.75) is 44.1 Å². The highest BCUT2D eigenvalue weighted by molar-refractivity contribution is 5.94. The van der Waals surface area contributed by atoms with Crippen molar-refractivity contribution in [1.82, 2.24) is 19.9 Å². The number of nitrogens with zero attached hydrogens (tertiary/aromatic N) is 3. The van der Waals surface area contributed by atoms with Crippen LogP contribution in [0.15, 0.2) is 47.5 Å². The lowest BCUT2D eigenvalue weighted by molar-refractivity contribution is -0.119. The topological polar surface area (TPSA) is 91.0 Å². The van der Waals surface area contributed by atoms with Crippen molar-refractivity contribution < 1.29 is 13.6 Å². The number of fused-ring (bicyclic) bond motifs is 1. The van der Waals surface area contributed by atoms with E-state index in [1.165, 1.54) is 0 Å². The van der Waals surface area contributed by atoms with Crippen molar-refractivity contribution in [3.8, 4) is 0 Å². The zero-order valence-corrected chi connectivity index (χ0v) is 19.1. The summed E-state index contributed by atoms with van der Waals surface area (Å²) in [5.41, 5.74) is 5.61. The summed E-state index contributed by atoms with van der Waals surface area (Å²) in [6.07, 6.45) is 8.30. The van der Waals surface area contributed by atoms with Crippen LogP contribution in [0.5, 0.6) is 0 Å². The summed E-state index contributed by atoms with van der Waals surface area (Å²) in [7, 11) is 0. The number of aromatic amines is 1. The van der Waals surface area contributed by atoms with Gasteiger partial charge in [0.1, 0.15) is 11.7 Å². The van der Waals surface area contributed by atoms with Gasteiger partial charge in [-0.1, -0.05) is 6.08 Å². The summed E-state index contributed by atoms with van der Waals surface area (Å²) in [6.45, 7) is 2.35. The average Bonchev–Trinajstić information content (AvgIpc) is 3.77. The second-order valence-corrected chi connectivity index (χ2v) is 9.76. The number of halogens is 2. The molecule has 1 atom stereocenters. The third-order valence-corrected chi connectivity index (χ3v) is 7.02. The molecule has 4 heterocycles. The van der Waals surface area contributed by atoms with Crippen LogP contribution in [0.25, 0.3) is 16.6 Å². The Labute approximate surface area is 200 Å². The maximum absolute atomic E-state index is 13.0. The van der Waals surface area contributed by atoms with Crippen LogP contribution in [0.3, 0.4) is 0 Å². The Balaban J connectivity index is 1.08. The van der Waals surface area contributed by atoms with Crippen molar-refractivity contribution in [3.63, 3.8) is 0 Å². The van der Waals surface area contributed by atoms with Crippen LogP contribution in [0.2, 0.25) is 0 Å². The summed E-state index contributed by atoms with van der Waals surface area (Å²) < 4.78 is 26.1. The summed E-state index contributed by atoms with van der Waals surface area (Å²) in [6, 6.07) is 7.44. The standard InChI is InChI=1S/C26H25F2N5O2/c27-26(28)11-20(26)25(35)32-23-4-3-18(13-30-23)16-5-7-33(8-6-16)14-15-9-22-21(29-12-15)10-19(17-1-2-17)24(34)31-22/h3-5,9-10,12-13,17,20H,1-2,6-8,11,14H2,(H,31,34)(H,30,32,35)/t20-/m0/s1. The second kappa shape index (κ2) is 8.34. The molecule has 0 saturated heterocycles. The van der Waals surface area contributed by atoms with Gasteiger partial charge in [-0.3, -0.25) is 19.5 Å². The van der Waals surface area contributed by atoms with Crippen molar-refractivity contribution in [2.75, 3.05) is 18.4 Å². The zero-order valence-electron chi connectivity index (χ0n) is 19.1. The molecule has 6 rings (SSSR count). The highest BCUT2D eigenvalue weighted by Crippen LogP contribution is 2.49. The normalized spacial score (nSPS) is 21.5. The number of carbonyl (C=O) groups excluding carboxylic acids is 1. The molecule has 0 aromatic carbocycles. The second-order valence-electron chi connectivity index (χ2n) is 9.76. The van der Waals surface area contributed by atoms with E-state index in [0.717, 1.165) is 72.2 Å². The fourth-order valence-corrected chi connectivity index (χ4v) is 4.67. The predicted molar refractivity (Wildman–Crippen MR) is 128 cm³/mol. The van der Waals surface area contributed by atoms with Gasteiger partial charge < -0.3 is 10.3 Å². The van der Waals surface area contributed by atoms with Gasteiger partial charge in [0, 0.05) is 44.0 Å². The molecule has 1 amide bonds.